The van der Waals surface area contributed by atoms with Crippen molar-refractivity contribution >= 4 is 0 Å². The molecule has 1 fully saturated rings. The summed E-state index contributed by atoms with van der Waals surface area (Å²) in [6.07, 6.45) is 0.964. The van der Waals surface area contributed by atoms with Crippen molar-refractivity contribution in [1.82, 2.24) is 14.7 Å². The lowest BCUT2D eigenvalue weighted by Crippen LogP contribution is -2.46. The van der Waals surface area contributed by atoms with Crippen LogP contribution in [-0.4, -0.2) is 58.7 Å². The van der Waals surface area contributed by atoms with Crippen LogP contribution in [0.15, 0.2) is 6.07 Å². The van der Waals surface area contributed by atoms with Crippen molar-refractivity contribution in [2.75, 3.05) is 26.7 Å². The number of aryl methyl sites for hydroxylation is 2. The molecule has 1 N–H and O–H groups in total. The minimum absolute atomic E-state index is 0.0938. The van der Waals surface area contributed by atoms with E-state index in [1.165, 1.54) is 0 Å². The maximum absolute atomic E-state index is 10.3. The summed E-state index contributed by atoms with van der Waals surface area (Å²) in [5.74, 6) is 0. The van der Waals surface area contributed by atoms with Crippen molar-refractivity contribution in [2.45, 2.75) is 32.0 Å². The third-order valence-corrected chi connectivity index (χ3v) is 3.53. The zero-order valence-electron chi connectivity index (χ0n) is 11.5. The van der Waals surface area contributed by atoms with E-state index in [9.17, 15) is 5.11 Å². The summed E-state index contributed by atoms with van der Waals surface area (Å²) in [5.41, 5.74) is 2.14. The van der Waals surface area contributed by atoms with Crippen LogP contribution < -0.4 is 0 Å². The third kappa shape index (κ3) is 3.10. The van der Waals surface area contributed by atoms with Crippen LogP contribution >= 0.6 is 0 Å². The minimum atomic E-state index is -0.465. The van der Waals surface area contributed by atoms with E-state index in [4.69, 9.17) is 4.74 Å². The van der Waals surface area contributed by atoms with Gasteiger partial charge in [-0.25, -0.2) is 0 Å². The monoisotopic (exact) mass is 253 g/mol. The second kappa shape index (κ2) is 5.82. The molecule has 5 nitrogen and oxygen atoms in total. The highest BCUT2D eigenvalue weighted by molar-refractivity contribution is 5.11. The zero-order valence-corrected chi connectivity index (χ0v) is 11.5. The molecule has 0 radical (unpaired) electrons. The lowest BCUT2D eigenvalue weighted by Gasteiger charge is -2.32. The molecule has 102 valence electrons. The van der Waals surface area contributed by atoms with E-state index >= 15 is 0 Å². The molecule has 0 aliphatic carbocycles. The first kappa shape index (κ1) is 13.5. The van der Waals surface area contributed by atoms with Crippen molar-refractivity contribution in [3.8, 4) is 0 Å². The Kier molecular flexibility index (Phi) is 4.37. The molecule has 1 aliphatic rings. The second-order valence-corrected chi connectivity index (χ2v) is 5.05. The van der Waals surface area contributed by atoms with Crippen LogP contribution in [0.2, 0.25) is 0 Å². The van der Waals surface area contributed by atoms with Crippen LogP contribution in [0.1, 0.15) is 18.3 Å². The Hall–Kier alpha value is -0.910. The van der Waals surface area contributed by atoms with Crippen LogP contribution in [0.3, 0.4) is 0 Å². The van der Waals surface area contributed by atoms with Crippen molar-refractivity contribution in [1.29, 1.82) is 0 Å². The number of aliphatic hydroxyl groups excluding tert-OH is 1. The van der Waals surface area contributed by atoms with Gasteiger partial charge in [-0.15, -0.1) is 0 Å². The number of aromatic nitrogens is 2. The molecule has 2 atom stereocenters. The highest BCUT2D eigenvalue weighted by atomic mass is 16.5. The summed E-state index contributed by atoms with van der Waals surface area (Å²) < 4.78 is 7.49. The molecule has 0 amide bonds. The van der Waals surface area contributed by atoms with Crippen LogP contribution in [0.5, 0.6) is 0 Å². The van der Waals surface area contributed by atoms with Gasteiger partial charge >= 0.3 is 0 Å². The molecule has 0 bridgehead atoms. The van der Waals surface area contributed by atoms with Crippen molar-refractivity contribution in [3.05, 3.63) is 17.5 Å². The van der Waals surface area contributed by atoms with Gasteiger partial charge in [0, 0.05) is 32.3 Å². The predicted molar refractivity (Wildman–Crippen MR) is 69.5 cm³/mol. The van der Waals surface area contributed by atoms with Gasteiger partial charge in [0.15, 0.2) is 0 Å². The molecule has 1 saturated heterocycles. The minimum Gasteiger partial charge on any atom is -0.390 e. The Morgan fingerprint density at radius 1 is 1.56 bits per heavy atom. The number of hydrogen-bond donors (Lipinski definition) is 1. The first-order chi connectivity index (χ1) is 8.60. The van der Waals surface area contributed by atoms with Crippen LogP contribution in [0.25, 0.3) is 0 Å². The Labute approximate surface area is 108 Å². The fraction of sp³-hybridized carbons (Fsp3) is 0.769. The number of nitrogens with zero attached hydrogens (tertiary/aromatic N) is 3. The van der Waals surface area contributed by atoms with E-state index in [0.717, 1.165) is 30.9 Å². The fourth-order valence-electron chi connectivity index (χ4n) is 2.32. The van der Waals surface area contributed by atoms with E-state index in [1.807, 2.05) is 11.7 Å². The average Bonchev–Trinajstić information content (AvgIpc) is 2.70. The van der Waals surface area contributed by atoms with E-state index < -0.39 is 6.10 Å². The second-order valence-electron chi connectivity index (χ2n) is 5.05. The molecule has 2 unspecified atom stereocenters. The Morgan fingerprint density at radius 3 is 2.94 bits per heavy atom. The number of likely N-dealkylation sites (N-methyl/N-ethyl adjacent to an activating group) is 1. The molecule has 1 aromatic heterocycles. The lowest BCUT2D eigenvalue weighted by atomic mass is 10.1. The number of hydrogen-bond acceptors (Lipinski definition) is 4. The predicted octanol–water partition coefficient (Wildman–Crippen LogP) is 0.217. The van der Waals surface area contributed by atoms with Gasteiger partial charge in [0.2, 0.25) is 0 Å². The van der Waals surface area contributed by atoms with Gasteiger partial charge in [-0.05, 0) is 19.5 Å². The molecule has 1 aromatic rings. The van der Waals surface area contributed by atoms with E-state index in [1.54, 1.807) is 0 Å². The van der Waals surface area contributed by atoms with Crippen molar-refractivity contribution in [3.63, 3.8) is 0 Å². The first-order valence-corrected chi connectivity index (χ1v) is 6.60. The molecular weight excluding hydrogens is 230 g/mol. The van der Waals surface area contributed by atoms with Crippen molar-refractivity contribution < 1.29 is 9.84 Å². The van der Waals surface area contributed by atoms with Gasteiger partial charge in [0.1, 0.15) is 0 Å². The summed E-state index contributed by atoms with van der Waals surface area (Å²) in [7, 11) is 3.98. The van der Waals surface area contributed by atoms with Gasteiger partial charge in [0.25, 0.3) is 0 Å². The molecule has 1 aliphatic heterocycles. The topological polar surface area (TPSA) is 50.5 Å². The number of morpholine rings is 1. The van der Waals surface area contributed by atoms with E-state index in [0.29, 0.717) is 13.0 Å². The highest BCUT2D eigenvalue weighted by Crippen LogP contribution is 2.13. The normalized spacial score (nSPS) is 23.2. The summed E-state index contributed by atoms with van der Waals surface area (Å²) in [4.78, 5) is 2.19. The summed E-state index contributed by atoms with van der Waals surface area (Å²) in [6, 6.07) is 2.07. The number of ether oxygens (including phenoxy) is 1. The van der Waals surface area contributed by atoms with E-state index in [2.05, 4.69) is 30.0 Å². The molecule has 5 heteroatoms. The standard InChI is InChI=1S/C13H23N3O2/c1-4-10-7-11(16(3)14-10)8-12(17)13-9-15(2)5-6-18-13/h7,12-13,17H,4-6,8-9H2,1-3H3. The maximum Gasteiger partial charge on any atom is 0.0964 e. The molecule has 0 saturated carbocycles. The van der Waals surface area contributed by atoms with Crippen LogP contribution in [0, 0.1) is 0 Å². The smallest absolute Gasteiger partial charge is 0.0964 e. The van der Waals surface area contributed by atoms with Gasteiger partial charge in [0.05, 0.1) is 24.5 Å². The first-order valence-electron chi connectivity index (χ1n) is 6.60. The fourth-order valence-corrected chi connectivity index (χ4v) is 2.32. The average molecular weight is 253 g/mol. The van der Waals surface area contributed by atoms with Gasteiger partial charge < -0.3 is 14.7 Å². The van der Waals surface area contributed by atoms with Gasteiger partial charge in [-0.2, -0.15) is 5.10 Å². The molecule has 18 heavy (non-hydrogen) atoms. The number of rotatable bonds is 4. The largest absolute Gasteiger partial charge is 0.390 e. The quantitative estimate of drug-likeness (QED) is 0.834. The molecular formula is C13H23N3O2. The molecule has 0 aromatic carbocycles. The summed E-state index contributed by atoms with van der Waals surface area (Å²) >= 11 is 0. The Morgan fingerprint density at radius 2 is 2.33 bits per heavy atom. The summed E-state index contributed by atoms with van der Waals surface area (Å²) in [5, 5.41) is 14.7. The Balaban J connectivity index is 1.97. The lowest BCUT2D eigenvalue weighted by molar-refractivity contribution is -0.0827. The summed E-state index contributed by atoms with van der Waals surface area (Å²) in [6.45, 7) is 4.51. The van der Waals surface area contributed by atoms with E-state index in [-0.39, 0.29) is 6.10 Å². The van der Waals surface area contributed by atoms with Crippen molar-refractivity contribution in [2.24, 2.45) is 7.05 Å². The SMILES string of the molecule is CCc1cc(CC(O)C2CN(C)CCO2)n(C)n1. The van der Waals surface area contributed by atoms with Gasteiger partial charge in [-0.1, -0.05) is 6.92 Å². The van der Waals surface area contributed by atoms with Crippen LogP contribution in [0.4, 0.5) is 0 Å². The zero-order chi connectivity index (χ0) is 13.1. The maximum atomic E-state index is 10.3. The van der Waals surface area contributed by atoms with Gasteiger partial charge in [-0.3, -0.25) is 4.68 Å². The molecule has 2 rings (SSSR count). The molecule has 0 spiro atoms. The Bertz CT molecular complexity index is 392. The van der Waals surface area contributed by atoms with Crippen LogP contribution in [-0.2, 0) is 24.6 Å². The number of aliphatic hydroxyl groups is 1. The highest BCUT2D eigenvalue weighted by Gasteiger charge is 2.26. The third-order valence-electron chi connectivity index (χ3n) is 3.53. The molecule has 2 heterocycles.